The summed E-state index contributed by atoms with van der Waals surface area (Å²) >= 11 is 0. The van der Waals surface area contributed by atoms with Crippen molar-refractivity contribution in [3.05, 3.63) is 47.7 Å². The van der Waals surface area contributed by atoms with Crippen LogP contribution in [0.5, 0.6) is 0 Å². The van der Waals surface area contributed by atoms with Crippen LogP contribution in [-0.4, -0.2) is 28.3 Å². The van der Waals surface area contributed by atoms with E-state index >= 15 is 0 Å². The molecular formula is C15H13N3O2. The number of carbonyl (C=O) groups is 1. The number of pyridine rings is 1. The van der Waals surface area contributed by atoms with Crippen molar-refractivity contribution in [2.75, 3.05) is 7.11 Å². The quantitative estimate of drug-likeness (QED) is 0.725. The van der Waals surface area contributed by atoms with E-state index in [1.807, 2.05) is 31.2 Å². The van der Waals surface area contributed by atoms with Gasteiger partial charge in [0.15, 0.2) is 0 Å². The fourth-order valence-electron chi connectivity index (χ4n) is 2.13. The minimum Gasteiger partial charge on any atom is -0.465 e. The molecule has 0 unspecified atom stereocenters. The molecule has 3 rings (SSSR count). The Morgan fingerprint density at radius 1 is 1.25 bits per heavy atom. The van der Waals surface area contributed by atoms with E-state index < -0.39 is 0 Å². The van der Waals surface area contributed by atoms with E-state index in [9.17, 15) is 4.79 Å². The molecule has 5 nitrogen and oxygen atoms in total. The minimum absolute atomic E-state index is 0.364. The molecule has 20 heavy (non-hydrogen) atoms. The molecule has 0 saturated heterocycles. The van der Waals surface area contributed by atoms with Crippen LogP contribution in [0.2, 0.25) is 0 Å². The number of aromatic amines is 1. The van der Waals surface area contributed by atoms with Crippen LogP contribution in [0.25, 0.3) is 22.3 Å². The van der Waals surface area contributed by atoms with E-state index in [4.69, 9.17) is 4.74 Å². The number of rotatable bonds is 2. The van der Waals surface area contributed by atoms with Crippen molar-refractivity contribution in [3.8, 4) is 11.4 Å². The molecule has 0 radical (unpaired) electrons. The van der Waals surface area contributed by atoms with Crippen LogP contribution in [0.15, 0.2) is 36.4 Å². The van der Waals surface area contributed by atoms with Gasteiger partial charge in [-0.3, -0.25) is 10.1 Å². The molecule has 0 fully saturated rings. The van der Waals surface area contributed by atoms with Crippen molar-refractivity contribution < 1.29 is 9.53 Å². The average Bonchev–Trinajstić information content (AvgIpc) is 2.89. The van der Waals surface area contributed by atoms with Gasteiger partial charge in [-0.1, -0.05) is 6.07 Å². The van der Waals surface area contributed by atoms with Gasteiger partial charge >= 0.3 is 5.97 Å². The Labute approximate surface area is 115 Å². The molecular weight excluding hydrogens is 254 g/mol. The van der Waals surface area contributed by atoms with Gasteiger partial charge in [0.2, 0.25) is 0 Å². The fraction of sp³-hybridized carbons (Fsp3) is 0.133. The summed E-state index contributed by atoms with van der Waals surface area (Å²) in [5.41, 5.74) is 3.80. The zero-order chi connectivity index (χ0) is 14.1. The summed E-state index contributed by atoms with van der Waals surface area (Å²) in [5.74, 6) is -0.364. The highest BCUT2D eigenvalue weighted by Crippen LogP contribution is 2.25. The van der Waals surface area contributed by atoms with Crippen molar-refractivity contribution in [2.45, 2.75) is 6.92 Å². The Bertz CT molecular complexity index is 793. The number of benzene rings is 1. The number of hydrogen-bond donors (Lipinski definition) is 1. The predicted octanol–water partition coefficient (Wildman–Crippen LogP) is 2.72. The van der Waals surface area contributed by atoms with E-state index in [2.05, 4.69) is 15.2 Å². The van der Waals surface area contributed by atoms with Gasteiger partial charge in [0.25, 0.3) is 0 Å². The van der Waals surface area contributed by atoms with Crippen LogP contribution >= 0.6 is 0 Å². The number of methoxy groups -OCH3 is 1. The van der Waals surface area contributed by atoms with Gasteiger partial charge in [-0.15, -0.1) is 0 Å². The number of H-pyrrole nitrogens is 1. The third-order valence-corrected chi connectivity index (χ3v) is 3.11. The summed E-state index contributed by atoms with van der Waals surface area (Å²) in [6.07, 6.45) is 0. The number of nitrogens with one attached hydrogen (secondary N) is 1. The predicted molar refractivity (Wildman–Crippen MR) is 75.4 cm³/mol. The maximum atomic E-state index is 11.5. The number of aromatic nitrogens is 3. The lowest BCUT2D eigenvalue weighted by Gasteiger charge is -2.00. The van der Waals surface area contributed by atoms with Gasteiger partial charge in [0, 0.05) is 11.1 Å². The van der Waals surface area contributed by atoms with E-state index in [1.165, 1.54) is 7.11 Å². The number of esters is 1. The molecule has 1 aromatic carbocycles. The van der Waals surface area contributed by atoms with Crippen molar-refractivity contribution in [2.24, 2.45) is 0 Å². The molecule has 100 valence electrons. The van der Waals surface area contributed by atoms with Crippen molar-refractivity contribution in [1.82, 2.24) is 15.2 Å². The largest absolute Gasteiger partial charge is 0.465 e. The molecule has 2 aromatic heterocycles. The van der Waals surface area contributed by atoms with Gasteiger partial charge in [0.05, 0.1) is 23.9 Å². The zero-order valence-electron chi connectivity index (χ0n) is 11.2. The monoisotopic (exact) mass is 267 g/mol. The molecule has 0 bridgehead atoms. The van der Waals surface area contributed by atoms with Crippen LogP contribution in [0.4, 0.5) is 0 Å². The third kappa shape index (κ3) is 2.03. The van der Waals surface area contributed by atoms with Gasteiger partial charge < -0.3 is 4.74 Å². The lowest BCUT2D eigenvalue weighted by Crippen LogP contribution is -2.00. The highest BCUT2D eigenvalue weighted by Gasteiger charge is 2.12. The number of carbonyl (C=O) groups excluding carboxylic acids is 1. The lowest BCUT2D eigenvalue weighted by atomic mass is 10.1. The first-order valence-electron chi connectivity index (χ1n) is 6.19. The van der Waals surface area contributed by atoms with Crippen LogP contribution in [0.1, 0.15) is 16.1 Å². The molecule has 0 saturated carbocycles. The number of fused-ring (bicyclic) bond motifs is 1. The summed E-state index contributed by atoms with van der Waals surface area (Å²) in [5, 5.41) is 8.15. The lowest BCUT2D eigenvalue weighted by molar-refractivity contribution is 0.0601. The van der Waals surface area contributed by atoms with Crippen molar-refractivity contribution >= 4 is 16.9 Å². The van der Waals surface area contributed by atoms with Gasteiger partial charge in [-0.2, -0.15) is 5.10 Å². The molecule has 3 aromatic rings. The maximum absolute atomic E-state index is 11.5. The topological polar surface area (TPSA) is 67.9 Å². The number of nitrogens with zero attached hydrogens (tertiary/aromatic N) is 2. The van der Waals surface area contributed by atoms with Crippen molar-refractivity contribution in [3.63, 3.8) is 0 Å². The van der Waals surface area contributed by atoms with E-state index in [0.717, 1.165) is 28.0 Å². The summed E-state index contributed by atoms with van der Waals surface area (Å²) in [4.78, 5) is 16.0. The highest BCUT2D eigenvalue weighted by atomic mass is 16.5. The first-order chi connectivity index (χ1) is 9.69. The number of hydrogen-bond acceptors (Lipinski definition) is 4. The second-order valence-corrected chi connectivity index (χ2v) is 4.49. The van der Waals surface area contributed by atoms with Crippen LogP contribution in [-0.2, 0) is 4.74 Å². The van der Waals surface area contributed by atoms with E-state index in [0.29, 0.717) is 5.56 Å². The molecule has 2 heterocycles. The van der Waals surface area contributed by atoms with Gasteiger partial charge in [0.1, 0.15) is 5.69 Å². The van der Waals surface area contributed by atoms with E-state index in [1.54, 1.807) is 12.1 Å². The van der Waals surface area contributed by atoms with E-state index in [-0.39, 0.29) is 5.97 Å². The Hall–Kier alpha value is -2.69. The summed E-state index contributed by atoms with van der Waals surface area (Å²) in [6.45, 7) is 1.94. The van der Waals surface area contributed by atoms with Crippen molar-refractivity contribution in [1.29, 1.82) is 0 Å². The summed E-state index contributed by atoms with van der Waals surface area (Å²) in [7, 11) is 1.36. The van der Waals surface area contributed by atoms with Crippen LogP contribution in [0.3, 0.4) is 0 Å². The highest BCUT2D eigenvalue weighted by molar-refractivity contribution is 5.98. The zero-order valence-corrected chi connectivity index (χ0v) is 11.2. The fourth-order valence-corrected chi connectivity index (χ4v) is 2.13. The smallest absolute Gasteiger partial charge is 0.337 e. The Balaban J connectivity index is 2.13. The third-order valence-electron chi connectivity index (χ3n) is 3.11. The van der Waals surface area contributed by atoms with Gasteiger partial charge in [-0.05, 0) is 37.3 Å². The maximum Gasteiger partial charge on any atom is 0.337 e. The second kappa shape index (κ2) is 4.77. The Morgan fingerprint density at radius 2 is 2.10 bits per heavy atom. The van der Waals surface area contributed by atoms with Crippen LogP contribution < -0.4 is 0 Å². The molecule has 0 aliphatic heterocycles. The normalized spacial score (nSPS) is 10.7. The molecule has 0 aliphatic carbocycles. The average molecular weight is 267 g/mol. The first kappa shape index (κ1) is 12.3. The summed E-state index contributed by atoms with van der Waals surface area (Å²) in [6, 6.07) is 11.1. The Kier molecular flexibility index (Phi) is 2.95. The molecule has 5 heteroatoms. The SMILES string of the molecule is COC(=O)c1ccc2c(-c3cccc(C)n3)n[nH]c2c1. The van der Waals surface area contributed by atoms with Crippen LogP contribution in [0, 0.1) is 6.92 Å². The molecule has 0 spiro atoms. The Morgan fingerprint density at radius 3 is 2.85 bits per heavy atom. The summed E-state index contributed by atoms with van der Waals surface area (Å²) < 4.78 is 4.71. The molecule has 0 amide bonds. The molecule has 0 atom stereocenters. The minimum atomic E-state index is -0.364. The standard InChI is InChI=1S/C15H13N3O2/c1-9-4-3-5-12(16-9)14-11-7-6-10(15(19)20-2)8-13(11)17-18-14/h3-8H,1-2H3,(H,17,18). The number of ether oxygens (including phenoxy) is 1. The molecule has 1 N–H and O–H groups in total. The second-order valence-electron chi connectivity index (χ2n) is 4.49. The van der Waals surface area contributed by atoms with Gasteiger partial charge in [-0.25, -0.2) is 4.79 Å². The first-order valence-corrected chi connectivity index (χ1v) is 6.19. The molecule has 0 aliphatic rings. The number of aryl methyl sites for hydroxylation is 1.